The van der Waals surface area contributed by atoms with Crippen LogP contribution >= 0.6 is 0 Å². The van der Waals surface area contributed by atoms with Crippen LogP contribution in [0.4, 0.5) is 5.69 Å². The van der Waals surface area contributed by atoms with Gasteiger partial charge in [-0.1, -0.05) is 6.07 Å². The van der Waals surface area contributed by atoms with Gasteiger partial charge in [0.05, 0.1) is 0 Å². The summed E-state index contributed by atoms with van der Waals surface area (Å²) in [4.78, 5) is 0. The smallest absolute Gasteiger partial charge is 0.117 e. The van der Waals surface area contributed by atoms with E-state index in [9.17, 15) is 5.11 Å². The summed E-state index contributed by atoms with van der Waals surface area (Å²) in [7, 11) is 0. The maximum Gasteiger partial charge on any atom is 0.117 e. The normalized spacial score (nSPS) is 18.6. The number of benzene rings is 1. The van der Waals surface area contributed by atoms with Crippen LogP contribution in [-0.4, -0.2) is 17.2 Å². The van der Waals surface area contributed by atoms with Crippen molar-refractivity contribution in [1.29, 1.82) is 0 Å². The molecule has 1 aliphatic rings. The molecule has 76 valence electrons. The van der Waals surface area contributed by atoms with Gasteiger partial charge in [-0.25, -0.2) is 0 Å². The first kappa shape index (κ1) is 9.34. The molecule has 0 heterocycles. The van der Waals surface area contributed by atoms with Gasteiger partial charge in [0, 0.05) is 23.8 Å². The predicted molar refractivity (Wildman–Crippen MR) is 57.4 cm³/mol. The summed E-state index contributed by atoms with van der Waals surface area (Å²) in [6.07, 6.45) is 3.49. The van der Waals surface area contributed by atoms with Gasteiger partial charge in [0.2, 0.25) is 0 Å². The highest BCUT2D eigenvalue weighted by molar-refractivity contribution is 5.50. The zero-order chi connectivity index (χ0) is 10.0. The molecule has 3 nitrogen and oxygen atoms in total. The van der Waals surface area contributed by atoms with Crippen molar-refractivity contribution in [3.8, 4) is 5.75 Å². The number of anilines is 1. The van der Waals surface area contributed by atoms with Crippen molar-refractivity contribution in [3.05, 3.63) is 24.3 Å². The first-order chi connectivity index (χ1) is 6.74. The molecular formula is C11H16N2O. The van der Waals surface area contributed by atoms with Crippen LogP contribution in [0.3, 0.4) is 0 Å². The van der Waals surface area contributed by atoms with Crippen molar-refractivity contribution in [3.63, 3.8) is 0 Å². The zero-order valence-corrected chi connectivity index (χ0v) is 8.16. The molecule has 0 bridgehead atoms. The monoisotopic (exact) mass is 192 g/mol. The molecule has 1 aliphatic carbocycles. The Balaban J connectivity index is 2.09. The van der Waals surface area contributed by atoms with Gasteiger partial charge in [0.25, 0.3) is 0 Å². The Morgan fingerprint density at radius 1 is 1.43 bits per heavy atom. The Kier molecular flexibility index (Phi) is 2.33. The fourth-order valence-electron chi connectivity index (χ4n) is 1.87. The van der Waals surface area contributed by atoms with E-state index in [0.29, 0.717) is 12.3 Å². The summed E-state index contributed by atoms with van der Waals surface area (Å²) in [5, 5.41) is 12.7. The van der Waals surface area contributed by atoms with Crippen LogP contribution in [0.1, 0.15) is 19.3 Å². The minimum Gasteiger partial charge on any atom is -0.508 e. The average Bonchev–Trinajstić information content (AvgIpc) is 2.11. The van der Waals surface area contributed by atoms with Crippen LogP contribution in [0.15, 0.2) is 24.3 Å². The van der Waals surface area contributed by atoms with Crippen molar-refractivity contribution >= 4 is 5.69 Å². The molecule has 1 saturated carbocycles. The van der Waals surface area contributed by atoms with Crippen molar-refractivity contribution < 1.29 is 5.11 Å². The minimum absolute atomic E-state index is 0.0772. The van der Waals surface area contributed by atoms with Crippen molar-refractivity contribution in [1.82, 2.24) is 0 Å². The van der Waals surface area contributed by atoms with Gasteiger partial charge in [0.1, 0.15) is 5.75 Å². The molecule has 14 heavy (non-hydrogen) atoms. The lowest BCUT2D eigenvalue weighted by Crippen LogP contribution is -2.51. The highest BCUT2D eigenvalue weighted by Gasteiger charge is 2.35. The molecule has 0 aliphatic heterocycles. The largest absolute Gasteiger partial charge is 0.508 e. The number of hydrogen-bond donors (Lipinski definition) is 3. The summed E-state index contributed by atoms with van der Waals surface area (Å²) in [6, 6.07) is 7.19. The lowest BCUT2D eigenvalue weighted by atomic mass is 9.76. The van der Waals surface area contributed by atoms with Crippen LogP contribution in [-0.2, 0) is 0 Å². The number of aromatic hydroxyl groups is 1. The van der Waals surface area contributed by atoms with E-state index in [1.54, 1.807) is 12.1 Å². The third kappa shape index (κ3) is 1.68. The standard InChI is InChI=1S/C11H16N2O/c12-8-11(5-2-6-11)13-9-3-1-4-10(14)7-9/h1,3-4,7,13-14H,2,5-6,8,12H2. The Bertz CT molecular complexity index is 315. The fraction of sp³-hybridized carbons (Fsp3) is 0.455. The number of rotatable bonds is 3. The van der Waals surface area contributed by atoms with E-state index >= 15 is 0 Å². The van der Waals surface area contributed by atoms with Crippen LogP contribution < -0.4 is 11.1 Å². The highest BCUT2D eigenvalue weighted by atomic mass is 16.3. The molecule has 1 aromatic rings. The molecule has 0 spiro atoms. The van der Waals surface area contributed by atoms with Crippen molar-refractivity contribution in [2.45, 2.75) is 24.8 Å². The molecule has 0 saturated heterocycles. The second kappa shape index (κ2) is 3.50. The Hall–Kier alpha value is -1.22. The molecule has 1 fully saturated rings. The highest BCUT2D eigenvalue weighted by Crippen LogP contribution is 2.34. The maximum absolute atomic E-state index is 9.30. The van der Waals surface area contributed by atoms with E-state index in [0.717, 1.165) is 18.5 Å². The summed E-state index contributed by atoms with van der Waals surface area (Å²) in [6.45, 7) is 0.655. The number of hydrogen-bond acceptors (Lipinski definition) is 3. The summed E-state index contributed by atoms with van der Waals surface area (Å²) in [5.74, 6) is 0.293. The molecule has 0 atom stereocenters. The van der Waals surface area contributed by atoms with Crippen molar-refractivity contribution in [2.75, 3.05) is 11.9 Å². The van der Waals surface area contributed by atoms with Crippen LogP contribution in [0.25, 0.3) is 0 Å². The first-order valence-corrected chi connectivity index (χ1v) is 5.01. The summed E-state index contributed by atoms with van der Waals surface area (Å²) in [5.41, 5.74) is 6.76. The molecular weight excluding hydrogens is 176 g/mol. The van der Waals surface area contributed by atoms with Crippen LogP contribution in [0.5, 0.6) is 5.75 Å². The van der Waals surface area contributed by atoms with Gasteiger partial charge in [-0.2, -0.15) is 0 Å². The second-order valence-electron chi connectivity index (χ2n) is 4.01. The number of nitrogens with two attached hydrogens (primary N) is 1. The van der Waals surface area contributed by atoms with E-state index in [4.69, 9.17) is 5.73 Å². The van der Waals surface area contributed by atoms with Crippen LogP contribution in [0, 0.1) is 0 Å². The topological polar surface area (TPSA) is 58.3 Å². The molecule has 0 radical (unpaired) electrons. The molecule has 4 N–H and O–H groups in total. The number of phenolic OH excluding ortho intramolecular Hbond substituents is 1. The second-order valence-corrected chi connectivity index (χ2v) is 4.01. The van der Waals surface area contributed by atoms with Crippen molar-refractivity contribution in [2.24, 2.45) is 5.73 Å². The summed E-state index contributed by atoms with van der Waals surface area (Å²) >= 11 is 0. The van der Waals surface area contributed by atoms with E-state index in [2.05, 4.69) is 5.32 Å². The third-order valence-electron chi connectivity index (χ3n) is 2.96. The minimum atomic E-state index is 0.0772. The predicted octanol–water partition coefficient (Wildman–Crippen LogP) is 1.69. The third-order valence-corrected chi connectivity index (χ3v) is 2.96. The quantitative estimate of drug-likeness (QED) is 0.683. The first-order valence-electron chi connectivity index (χ1n) is 5.01. The Labute approximate surface area is 83.9 Å². The molecule has 2 rings (SSSR count). The van der Waals surface area contributed by atoms with E-state index < -0.39 is 0 Å². The molecule has 0 amide bonds. The van der Waals surface area contributed by atoms with Gasteiger partial charge in [0.15, 0.2) is 0 Å². The molecule has 0 unspecified atom stereocenters. The Morgan fingerprint density at radius 2 is 2.21 bits per heavy atom. The SMILES string of the molecule is NCC1(Nc2cccc(O)c2)CCC1. The lowest BCUT2D eigenvalue weighted by molar-refractivity contribution is 0.287. The van der Waals surface area contributed by atoms with Gasteiger partial charge >= 0.3 is 0 Å². The molecule has 0 aromatic heterocycles. The van der Waals surface area contributed by atoms with E-state index in [-0.39, 0.29) is 5.54 Å². The van der Waals surface area contributed by atoms with E-state index in [1.807, 2.05) is 12.1 Å². The lowest BCUT2D eigenvalue weighted by Gasteiger charge is -2.42. The van der Waals surface area contributed by atoms with Gasteiger partial charge in [-0.15, -0.1) is 0 Å². The van der Waals surface area contributed by atoms with Gasteiger partial charge < -0.3 is 16.2 Å². The average molecular weight is 192 g/mol. The number of phenols is 1. The zero-order valence-electron chi connectivity index (χ0n) is 8.16. The fourth-order valence-corrected chi connectivity index (χ4v) is 1.87. The van der Waals surface area contributed by atoms with Gasteiger partial charge in [-0.05, 0) is 31.4 Å². The van der Waals surface area contributed by atoms with Gasteiger partial charge in [-0.3, -0.25) is 0 Å². The van der Waals surface area contributed by atoms with E-state index in [1.165, 1.54) is 6.42 Å². The summed E-state index contributed by atoms with van der Waals surface area (Å²) < 4.78 is 0. The van der Waals surface area contributed by atoms with Crippen LogP contribution in [0.2, 0.25) is 0 Å². The number of nitrogens with one attached hydrogen (secondary N) is 1. The molecule has 1 aromatic carbocycles. The molecule has 3 heteroatoms. The Morgan fingerprint density at radius 3 is 2.71 bits per heavy atom. The maximum atomic E-state index is 9.30.